The van der Waals surface area contributed by atoms with Gasteiger partial charge in [0.2, 0.25) is 0 Å². The van der Waals surface area contributed by atoms with Crippen LogP contribution in [0.15, 0.2) is 42.5 Å². The van der Waals surface area contributed by atoms with Crippen LogP contribution in [0.4, 0.5) is 14.9 Å². The van der Waals surface area contributed by atoms with Gasteiger partial charge in [-0.25, -0.2) is 9.18 Å². The molecule has 4 heteroatoms. The molecule has 110 valence electrons. The Kier molecular flexibility index (Phi) is 4.58. The molecule has 0 aliphatic carbocycles. The Morgan fingerprint density at radius 2 is 1.86 bits per heavy atom. The van der Waals surface area contributed by atoms with E-state index in [-0.39, 0.29) is 11.7 Å². The highest BCUT2D eigenvalue weighted by Crippen LogP contribution is 2.19. The van der Waals surface area contributed by atoms with E-state index in [0.29, 0.717) is 0 Å². The van der Waals surface area contributed by atoms with E-state index in [1.807, 2.05) is 39.0 Å². The van der Waals surface area contributed by atoms with Crippen LogP contribution in [-0.2, 0) is 0 Å². The van der Waals surface area contributed by atoms with E-state index in [9.17, 15) is 9.18 Å². The summed E-state index contributed by atoms with van der Waals surface area (Å²) >= 11 is 0. The molecule has 21 heavy (non-hydrogen) atoms. The number of rotatable bonds is 3. The molecule has 0 spiro atoms. The number of hydrogen-bond donors (Lipinski definition) is 2. The Balaban J connectivity index is 2.06. The predicted molar refractivity (Wildman–Crippen MR) is 82.9 cm³/mol. The molecule has 0 aliphatic heterocycles. The number of benzene rings is 2. The van der Waals surface area contributed by atoms with Gasteiger partial charge in [-0.05, 0) is 44.0 Å². The molecule has 0 radical (unpaired) electrons. The number of hydrogen-bond acceptors (Lipinski definition) is 1. The van der Waals surface area contributed by atoms with Crippen molar-refractivity contribution in [1.82, 2.24) is 5.32 Å². The maximum atomic E-state index is 13.5. The fourth-order valence-electron chi connectivity index (χ4n) is 2.22. The Morgan fingerprint density at radius 3 is 2.57 bits per heavy atom. The number of halogens is 1. The fourth-order valence-corrected chi connectivity index (χ4v) is 2.22. The van der Waals surface area contributed by atoms with Crippen molar-refractivity contribution in [2.24, 2.45) is 0 Å². The minimum Gasteiger partial charge on any atom is -0.331 e. The molecular formula is C17H19FN2O. The molecular weight excluding hydrogens is 267 g/mol. The molecule has 2 rings (SSSR count). The highest BCUT2D eigenvalue weighted by Gasteiger charge is 2.13. The minimum atomic E-state index is -0.452. The lowest BCUT2D eigenvalue weighted by Gasteiger charge is -2.18. The third-order valence-corrected chi connectivity index (χ3v) is 3.37. The van der Waals surface area contributed by atoms with E-state index < -0.39 is 11.8 Å². The zero-order chi connectivity index (χ0) is 15.4. The normalized spacial score (nSPS) is 11.8. The van der Waals surface area contributed by atoms with Crippen LogP contribution in [0.2, 0.25) is 0 Å². The van der Waals surface area contributed by atoms with E-state index >= 15 is 0 Å². The second-order valence-electron chi connectivity index (χ2n) is 5.16. The maximum Gasteiger partial charge on any atom is 0.319 e. The summed E-state index contributed by atoms with van der Waals surface area (Å²) in [6, 6.07) is 11.6. The monoisotopic (exact) mass is 286 g/mol. The van der Waals surface area contributed by atoms with Crippen LogP contribution in [0.3, 0.4) is 0 Å². The average Bonchev–Trinajstić information content (AvgIpc) is 2.44. The topological polar surface area (TPSA) is 41.1 Å². The molecule has 2 amide bonds. The summed E-state index contributed by atoms with van der Waals surface area (Å²) in [7, 11) is 0. The lowest BCUT2D eigenvalue weighted by molar-refractivity contribution is 0.249. The van der Waals surface area contributed by atoms with Gasteiger partial charge in [-0.2, -0.15) is 0 Å². The lowest BCUT2D eigenvalue weighted by atomic mass is 10.0. The van der Waals surface area contributed by atoms with Crippen molar-refractivity contribution in [3.05, 3.63) is 65.0 Å². The first kappa shape index (κ1) is 15.0. The smallest absolute Gasteiger partial charge is 0.319 e. The van der Waals surface area contributed by atoms with Crippen molar-refractivity contribution in [2.45, 2.75) is 26.8 Å². The average molecular weight is 286 g/mol. The summed E-state index contributed by atoms with van der Waals surface area (Å²) < 4.78 is 13.5. The molecule has 0 aromatic heterocycles. The maximum absolute atomic E-state index is 13.5. The SMILES string of the molecule is Cc1ccc(C)c(C(C)NC(=O)Nc2ccccc2F)c1. The van der Waals surface area contributed by atoms with Gasteiger partial charge in [0.25, 0.3) is 0 Å². The first-order valence-electron chi connectivity index (χ1n) is 6.86. The summed E-state index contributed by atoms with van der Waals surface area (Å²) in [6.45, 7) is 5.92. The van der Waals surface area contributed by atoms with E-state index in [0.717, 1.165) is 16.7 Å². The molecule has 2 N–H and O–H groups in total. The molecule has 0 bridgehead atoms. The Bertz CT molecular complexity index is 655. The van der Waals surface area contributed by atoms with Gasteiger partial charge in [0, 0.05) is 0 Å². The number of amides is 2. The molecule has 0 saturated carbocycles. The van der Waals surface area contributed by atoms with Crippen LogP contribution < -0.4 is 10.6 Å². The third kappa shape index (κ3) is 3.81. The Morgan fingerprint density at radius 1 is 1.14 bits per heavy atom. The van der Waals surface area contributed by atoms with E-state index in [1.54, 1.807) is 12.1 Å². The van der Waals surface area contributed by atoms with Crippen molar-refractivity contribution in [2.75, 3.05) is 5.32 Å². The molecule has 1 unspecified atom stereocenters. The lowest BCUT2D eigenvalue weighted by Crippen LogP contribution is -2.31. The van der Waals surface area contributed by atoms with Gasteiger partial charge >= 0.3 is 6.03 Å². The Labute approximate surface area is 124 Å². The van der Waals surface area contributed by atoms with Gasteiger partial charge in [0.05, 0.1) is 11.7 Å². The number of para-hydroxylation sites is 1. The van der Waals surface area contributed by atoms with Crippen molar-refractivity contribution in [3.63, 3.8) is 0 Å². The molecule has 0 fully saturated rings. The summed E-state index contributed by atoms with van der Waals surface area (Å²) in [5, 5.41) is 5.34. The predicted octanol–water partition coefficient (Wildman–Crippen LogP) is 4.33. The van der Waals surface area contributed by atoms with Crippen molar-refractivity contribution in [3.8, 4) is 0 Å². The van der Waals surface area contributed by atoms with Gasteiger partial charge in [-0.3, -0.25) is 0 Å². The van der Waals surface area contributed by atoms with Crippen LogP contribution in [0, 0.1) is 19.7 Å². The first-order valence-corrected chi connectivity index (χ1v) is 6.86. The quantitative estimate of drug-likeness (QED) is 0.866. The highest BCUT2D eigenvalue weighted by atomic mass is 19.1. The molecule has 1 atom stereocenters. The number of anilines is 1. The molecule has 2 aromatic carbocycles. The third-order valence-electron chi connectivity index (χ3n) is 3.37. The Hall–Kier alpha value is -2.36. The van der Waals surface area contributed by atoms with Gasteiger partial charge in [0.1, 0.15) is 5.82 Å². The van der Waals surface area contributed by atoms with E-state index in [4.69, 9.17) is 0 Å². The standard InChI is InChI=1S/C17H19FN2O/c1-11-8-9-12(2)14(10-11)13(3)19-17(21)20-16-7-5-4-6-15(16)18/h4-10,13H,1-3H3,(H2,19,20,21). The minimum absolute atomic E-state index is 0.156. The van der Waals surface area contributed by atoms with Gasteiger partial charge in [-0.15, -0.1) is 0 Å². The highest BCUT2D eigenvalue weighted by molar-refractivity contribution is 5.89. The van der Waals surface area contributed by atoms with Crippen LogP contribution >= 0.6 is 0 Å². The summed E-state index contributed by atoms with van der Waals surface area (Å²) in [5.41, 5.74) is 3.47. The largest absolute Gasteiger partial charge is 0.331 e. The molecule has 0 aliphatic rings. The van der Waals surface area contributed by atoms with Gasteiger partial charge in [-0.1, -0.05) is 35.9 Å². The second kappa shape index (κ2) is 6.39. The zero-order valence-corrected chi connectivity index (χ0v) is 12.4. The first-order chi connectivity index (χ1) is 9.97. The second-order valence-corrected chi connectivity index (χ2v) is 5.16. The van der Waals surface area contributed by atoms with Crippen LogP contribution in [-0.4, -0.2) is 6.03 Å². The number of carbonyl (C=O) groups is 1. The van der Waals surface area contributed by atoms with Crippen molar-refractivity contribution < 1.29 is 9.18 Å². The van der Waals surface area contributed by atoms with E-state index in [1.165, 1.54) is 12.1 Å². The van der Waals surface area contributed by atoms with Crippen LogP contribution in [0.25, 0.3) is 0 Å². The van der Waals surface area contributed by atoms with Gasteiger partial charge < -0.3 is 10.6 Å². The number of urea groups is 1. The summed E-state index contributed by atoms with van der Waals surface area (Å²) in [5.74, 6) is -0.452. The van der Waals surface area contributed by atoms with Crippen molar-refractivity contribution in [1.29, 1.82) is 0 Å². The molecule has 0 heterocycles. The zero-order valence-electron chi connectivity index (χ0n) is 12.4. The fraction of sp³-hybridized carbons (Fsp3) is 0.235. The van der Waals surface area contributed by atoms with Gasteiger partial charge in [0.15, 0.2) is 0 Å². The summed E-state index contributed by atoms with van der Waals surface area (Å²) in [6.07, 6.45) is 0. The number of nitrogens with one attached hydrogen (secondary N) is 2. The number of aryl methyl sites for hydroxylation is 2. The molecule has 3 nitrogen and oxygen atoms in total. The van der Waals surface area contributed by atoms with E-state index in [2.05, 4.69) is 10.6 Å². The van der Waals surface area contributed by atoms with Crippen LogP contribution in [0.1, 0.15) is 29.7 Å². The van der Waals surface area contributed by atoms with Crippen LogP contribution in [0.5, 0.6) is 0 Å². The molecule has 2 aromatic rings. The summed E-state index contributed by atoms with van der Waals surface area (Å²) in [4.78, 5) is 12.0. The van der Waals surface area contributed by atoms with Crippen molar-refractivity contribution >= 4 is 11.7 Å². The molecule has 0 saturated heterocycles. The number of carbonyl (C=O) groups excluding carboxylic acids is 1.